The van der Waals surface area contributed by atoms with Crippen LogP contribution >= 0.6 is 0 Å². The Morgan fingerprint density at radius 3 is 2.92 bits per heavy atom. The zero-order valence-corrected chi connectivity index (χ0v) is 15.0. The standard InChI is InChI=1S/C18H22FN3O4/c1-21(2)9-11-6-7-22(10-11)17-15(18(23)24)16(26-20-17)12-4-5-13(19)14(8-12)25-3/h4-5,8,11H,6-7,9-10H2,1-3H3,(H,23,24). The molecule has 1 aromatic heterocycles. The van der Waals surface area contributed by atoms with Crippen LogP contribution in [0.2, 0.25) is 0 Å². The van der Waals surface area contributed by atoms with E-state index >= 15 is 0 Å². The molecule has 0 bridgehead atoms. The SMILES string of the molecule is COc1cc(-c2onc(N3CCC(CN(C)C)C3)c2C(=O)O)ccc1F. The Morgan fingerprint density at radius 1 is 1.50 bits per heavy atom. The minimum atomic E-state index is -1.13. The molecule has 0 aliphatic carbocycles. The van der Waals surface area contributed by atoms with Gasteiger partial charge in [-0.15, -0.1) is 0 Å². The quantitative estimate of drug-likeness (QED) is 0.845. The molecule has 0 saturated carbocycles. The minimum Gasteiger partial charge on any atom is -0.494 e. The van der Waals surface area contributed by atoms with Crippen LogP contribution in [0.25, 0.3) is 11.3 Å². The number of hydrogen-bond acceptors (Lipinski definition) is 6. The Balaban J connectivity index is 1.94. The fourth-order valence-corrected chi connectivity index (χ4v) is 3.38. The molecule has 0 amide bonds. The molecular weight excluding hydrogens is 341 g/mol. The highest BCUT2D eigenvalue weighted by Gasteiger charge is 2.32. The maximum Gasteiger partial charge on any atom is 0.343 e. The van der Waals surface area contributed by atoms with E-state index in [-0.39, 0.29) is 17.1 Å². The van der Waals surface area contributed by atoms with Gasteiger partial charge in [-0.2, -0.15) is 0 Å². The van der Waals surface area contributed by atoms with Gasteiger partial charge in [-0.1, -0.05) is 5.16 Å². The van der Waals surface area contributed by atoms with Crippen molar-refractivity contribution in [2.75, 3.05) is 45.7 Å². The van der Waals surface area contributed by atoms with E-state index in [1.165, 1.54) is 25.3 Å². The number of carboxylic acids is 1. The number of ether oxygens (including phenoxy) is 1. The van der Waals surface area contributed by atoms with Gasteiger partial charge in [0.1, 0.15) is 0 Å². The molecule has 140 valence electrons. The second-order valence-electron chi connectivity index (χ2n) is 6.73. The second-order valence-corrected chi connectivity index (χ2v) is 6.73. The highest BCUT2D eigenvalue weighted by atomic mass is 19.1. The number of carboxylic acid groups (broad SMARTS) is 1. The van der Waals surface area contributed by atoms with Gasteiger partial charge in [0.25, 0.3) is 0 Å². The minimum absolute atomic E-state index is 0.0100. The smallest absolute Gasteiger partial charge is 0.343 e. The molecule has 1 unspecified atom stereocenters. The average Bonchev–Trinajstić information content (AvgIpc) is 3.21. The summed E-state index contributed by atoms with van der Waals surface area (Å²) in [5.74, 6) is -0.782. The Morgan fingerprint density at radius 2 is 2.27 bits per heavy atom. The molecule has 3 rings (SSSR count). The maximum atomic E-state index is 13.6. The van der Waals surface area contributed by atoms with Crippen LogP contribution in [0, 0.1) is 11.7 Å². The van der Waals surface area contributed by atoms with Crippen molar-refractivity contribution in [1.82, 2.24) is 10.1 Å². The summed E-state index contributed by atoms with van der Waals surface area (Å²) in [4.78, 5) is 15.9. The molecule has 8 heteroatoms. The van der Waals surface area contributed by atoms with Crippen LogP contribution in [0.1, 0.15) is 16.8 Å². The van der Waals surface area contributed by atoms with Crippen LogP contribution in [0.3, 0.4) is 0 Å². The summed E-state index contributed by atoms with van der Waals surface area (Å²) in [6, 6.07) is 4.07. The molecule has 26 heavy (non-hydrogen) atoms. The number of anilines is 1. The molecule has 0 spiro atoms. The Hall–Kier alpha value is -2.61. The van der Waals surface area contributed by atoms with Gasteiger partial charge < -0.3 is 24.2 Å². The highest BCUT2D eigenvalue weighted by molar-refractivity contribution is 5.99. The summed E-state index contributed by atoms with van der Waals surface area (Å²) < 4.78 is 24.0. The summed E-state index contributed by atoms with van der Waals surface area (Å²) in [7, 11) is 5.38. The van der Waals surface area contributed by atoms with E-state index in [1.54, 1.807) is 0 Å². The molecule has 0 radical (unpaired) electrons. The van der Waals surface area contributed by atoms with Gasteiger partial charge in [-0.3, -0.25) is 0 Å². The number of methoxy groups -OCH3 is 1. The molecule has 1 saturated heterocycles. The lowest BCUT2D eigenvalue weighted by atomic mass is 10.1. The van der Waals surface area contributed by atoms with Crippen molar-refractivity contribution >= 4 is 11.8 Å². The van der Waals surface area contributed by atoms with Crippen molar-refractivity contribution < 1.29 is 23.6 Å². The van der Waals surface area contributed by atoms with Crippen LogP contribution < -0.4 is 9.64 Å². The van der Waals surface area contributed by atoms with E-state index in [4.69, 9.17) is 9.26 Å². The van der Waals surface area contributed by atoms with Gasteiger partial charge in [0.05, 0.1) is 7.11 Å². The van der Waals surface area contributed by atoms with E-state index in [1.807, 2.05) is 19.0 Å². The van der Waals surface area contributed by atoms with E-state index in [0.717, 1.165) is 26.1 Å². The fraction of sp³-hybridized carbons (Fsp3) is 0.444. The number of rotatable bonds is 6. The number of nitrogens with zero attached hydrogens (tertiary/aromatic N) is 3. The molecule has 1 aromatic carbocycles. The Labute approximate surface area is 150 Å². The summed E-state index contributed by atoms with van der Waals surface area (Å²) in [5.41, 5.74) is 0.396. The van der Waals surface area contributed by atoms with Crippen molar-refractivity contribution in [1.29, 1.82) is 0 Å². The highest BCUT2D eigenvalue weighted by Crippen LogP contribution is 2.35. The van der Waals surface area contributed by atoms with Crippen LogP contribution in [-0.2, 0) is 0 Å². The van der Waals surface area contributed by atoms with Crippen molar-refractivity contribution in [3.05, 3.63) is 29.6 Å². The Kier molecular flexibility index (Phi) is 5.13. The van der Waals surface area contributed by atoms with Crippen molar-refractivity contribution in [3.63, 3.8) is 0 Å². The second kappa shape index (κ2) is 7.33. The first-order valence-corrected chi connectivity index (χ1v) is 8.37. The molecule has 1 fully saturated rings. The van der Waals surface area contributed by atoms with Gasteiger partial charge in [-0.05, 0) is 44.6 Å². The Bertz CT molecular complexity index is 806. The van der Waals surface area contributed by atoms with Gasteiger partial charge in [0.15, 0.2) is 28.7 Å². The third kappa shape index (κ3) is 3.50. The van der Waals surface area contributed by atoms with Crippen LogP contribution in [-0.4, -0.2) is 62.0 Å². The monoisotopic (exact) mass is 363 g/mol. The lowest BCUT2D eigenvalue weighted by Gasteiger charge is -2.18. The predicted molar refractivity (Wildman–Crippen MR) is 94.3 cm³/mol. The van der Waals surface area contributed by atoms with E-state index < -0.39 is 11.8 Å². The van der Waals surface area contributed by atoms with Gasteiger partial charge in [-0.25, -0.2) is 9.18 Å². The molecular formula is C18H22FN3O4. The number of aromatic carboxylic acids is 1. The van der Waals surface area contributed by atoms with Crippen LogP contribution in [0.5, 0.6) is 5.75 Å². The molecule has 1 atom stereocenters. The van der Waals surface area contributed by atoms with E-state index in [2.05, 4.69) is 10.1 Å². The van der Waals surface area contributed by atoms with Crippen LogP contribution in [0.15, 0.2) is 22.7 Å². The average molecular weight is 363 g/mol. The zero-order chi connectivity index (χ0) is 18.8. The summed E-state index contributed by atoms with van der Waals surface area (Å²) >= 11 is 0. The van der Waals surface area contributed by atoms with Gasteiger partial charge in [0, 0.05) is 25.2 Å². The van der Waals surface area contributed by atoms with Crippen LogP contribution in [0.4, 0.5) is 10.2 Å². The summed E-state index contributed by atoms with van der Waals surface area (Å²) in [5, 5.41) is 13.7. The predicted octanol–water partition coefficient (Wildman–Crippen LogP) is 2.58. The topological polar surface area (TPSA) is 79.0 Å². The molecule has 7 nitrogen and oxygen atoms in total. The van der Waals surface area contributed by atoms with Crippen molar-refractivity contribution in [2.24, 2.45) is 5.92 Å². The van der Waals surface area contributed by atoms with Crippen molar-refractivity contribution in [2.45, 2.75) is 6.42 Å². The number of halogens is 1. The molecule has 1 aliphatic heterocycles. The maximum absolute atomic E-state index is 13.6. The summed E-state index contributed by atoms with van der Waals surface area (Å²) in [6.07, 6.45) is 0.962. The number of carbonyl (C=O) groups is 1. The normalized spacial score (nSPS) is 17.1. The van der Waals surface area contributed by atoms with E-state index in [0.29, 0.717) is 17.3 Å². The van der Waals surface area contributed by atoms with E-state index in [9.17, 15) is 14.3 Å². The number of hydrogen-bond donors (Lipinski definition) is 1. The first-order valence-electron chi connectivity index (χ1n) is 8.37. The lowest BCUT2D eigenvalue weighted by molar-refractivity contribution is 0.0698. The third-order valence-electron chi connectivity index (χ3n) is 4.51. The first kappa shape index (κ1) is 18.2. The largest absolute Gasteiger partial charge is 0.494 e. The summed E-state index contributed by atoms with van der Waals surface area (Å²) in [6.45, 7) is 2.37. The van der Waals surface area contributed by atoms with Gasteiger partial charge in [0.2, 0.25) is 0 Å². The molecule has 1 aliphatic rings. The first-order chi connectivity index (χ1) is 12.4. The fourth-order valence-electron chi connectivity index (χ4n) is 3.38. The van der Waals surface area contributed by atoms with Crippen molar-refractivity contribution in [3.8, 4) is 17.1 Å². The number of benzene rings is 1. The lowest BCUT2D eigenvalue weighted by Crippen LogP contribution is -2.26. The molecule has 2 aromatic rings. The molecule has 2 heterocycles. The number of aromatic nitrogens is 1. The van der Waals surface area contributed by atoms with Gasteiger partial charge >= 0.3 is 5.97 Å². The third-order valence-corrected chi connectivity index (χ3v) is 4.51. The zero-order valence-electron chi connectivity index (χ0n) is 15.0. The molecule has 1 N–H and O–H groups in total.